The predicted molar refractivity (Wildman–Crippen MR) is 63.8 cm³/mol. The standard InChI is InChI=1S/C14H18O2/c1-10-3-4-13(10)9-16-14-7-5-12(6-8-14)11(2)15/h5-8,10,13H,3-4,9H2,1-2H3/t10-,13-/m0/s1. The van der Waals surface area contributed by atoms with Crippen LogP contribution in [0.3, 0.4) is 0 Å². The smallest absolute Gasteiger partial charge is 0.159 e. The summed E-state index contributed by atoms with van der Waals surface area (Å²) in [5, 5.41) is 0. The fraction of sp³-hybridized carbons (Fsp3) is 0.500. The normalized spacial score (nSPS) is 23.6. The third kappa shape index (κ3) is 2.43. The van der Waals surface area contributed by atoms with Crippen LogP contribution in [0.4, 0.5) is 0 Å². The summed E-state index contributed by atoms with van der Waals surface area (Å²) >= 11 is 0. The zero-order valence-corrected chi connectivity index (χ0v) is 9.90. The van der Waals surface area contributed by atoms with Gasteiger partial charge in [0.05, 0.1) is 6.61 Å². The van der Waals surface area contributed by atoms with Gasteiger partial charge in [-0.15, -0.1) is 0 Å². The first-order valence-corrected chi connectivity index (χ1v) is 5.90. The van der Waals surface area contributed by atoms with Gasteiger partial charge in [0.1, 0.15) is 5.75 Å². The Morgan fingerprint density at radius 3 is 2.44 bits per heavy atom. The highest BCUT2D eigenvalue weighted by Gasteiger charge is 2.26. The molecule has 0 spiro atoms. The lowest BCUT2D eigenvalue weighted by atomic mass is 9.75. The minimum absolute atomic E-state index is 0.0964. The van der Waals surface area contributed by atoms with E-state index in [0.717, 1.165) is 23.8 Å². The maximum absolute atomic E-state index is 11.1. The lowest BCUT2D eigenvalue weighted by Gasteiger charge is -2.33. The fourth-order valence-corrected chi connectivity index (χ4v) is 1.97. The Hall–Kier alpha value is -1.31. The molecule has 0 bridgehead atoms. The molecule has 0 amide bonds. The number of hydrogen-bond donors (Lipinski definition) is 0. The first-order chi connectivity index (χ1) is 7.66. The summed E-state index contributed by atoms with van der Waals surface area (Å²) in [6, 6.07) is 7.39. The summed E-state index contributed by atoms with van der Waals surface area (Å²) in [5.74, 6) is 2.48. The molecule has 1 fully saturated rings. The number of ketones is 1. The van der Waals surface area contributed by atoms with Crippen molar-refractivity contribution >= 4 is 5.78 Å². The van der Waals surface area contributed by atoms with E-state index in [1.807, 2.05) is 24.3 Å². The van der Waals surface area contributed by atoms with Gasteiger partial charge in [-0.25, -0.2) is 0 Å². The lowest BCUT2D eigenvalue weighted by molar-refractivity contribution is 0.101. The van der Waals surface area contributed by atoms with Crippen LogP contribution in [-0.4, -0.2) is 12.4 Å². The van der Waals surface area contributed by atoms with E-state index in [4.69, 9.17) is 4.74 Å². The minimum atomic E-state index is 0.0964. The van der Waals surface area contributed by atoms with Crippen molar-refractivity contribution in [2.75, 3.05) is 6.61 Å². The van der Waals surface area contributed by atoms with Crippen LogP contribution in [0.25, 0.3) is 0 Å². The summed E-state index contributed by atoms with van der Waals surface area (Å²) in [4.78, 5) is 11.1. The first kappa shape index (κ1) is 11.2. The van der Waals surface area contributed by atoms with Crippen LogP contribution in [0.1, 0.15) is 37.0 Å². The summed E-state index contributed by atoms with van der Waals surface area (Å²) in [6.45, 7) is 4.66. The molecule has 2 rings (SSSR count). The van der Waals surface area contributed by atoms with Gasteiger partial charge < -0.3 is 4.74 Å². The summed E-state index contributed by atoms with van der Waals surface area (Å²) in [7, 11) is 0. The molecular formula is C14H18O2. The Kier molecular flexibility index (Phi) is 3.28. The van der Waals surface area contributed by atoms with Crippen LogP contribution >= 0.6 is 0 Å². The van der Waals surface area contributed by atoms with E-state index >= 15 is 0 Å². The number of rotatable bonds is 4. The van der Waals surface area contributed by atoms with E-state index in [1.165, 1.54) is 12.8 Å². The number of carbonyl (C=O) groups is 1. The topological polar surface area (TPSA) is 26.3 Å². The van der Waals surface area contributed by atoms with Crippen LogP contribution < -0.4 is 4.74 Å². The van der Waals surface area contributed by atoms with Crippen molar-refractivity contribution in [2.24, 2.45) is 11.8 Å². The highest BCUT2D eigenvalue weighted by Crippen LogP contribution is 2.33. The molecule has 0 radical (unpaired) electrons. The highest BCUT2D eigenvalue weighted by atomic mass is 16.5. The number of hydrogen-bond acceptors (Lipinski definition) is 2. The molecular weight excluding hydrogens is 200 g/mol. The van der Waals surface area contributed by atoms with E-state index in [9.17, 15) is 4.79 Å². The molecule has 0 saturated heterocycles. The van der Waals surface area contributed by atoms with Crippen molar-refractivity contribution < 1.29 is 9.53 Å². The van der Waals surface area contributed by atoms with Gasteiger partial charge in [-0.3, -0.25) is 4.79 Å². The molecule has 1 aromatic rings. The van der Waals surface area contributed by atoms with E-state index in [2.05, 4.69) is 6.92 Å². The van der Waals surface area contributed by atoms with Crippen LogP contribution in [0, 0.1) is 11.8 Å². The van der Waals surface area contributed by atoms with Gasteiger partial charge in [-0.05, 0) is 55.9 Å². The van der Waals surface area contributed by atoms with Crippen molar-refractivity contribution in [3.8, 4) is 5.75 Å². The quantitative estimate of drug-likeness (QED) is 0.725. The van der Waals surface area contributed by atoms with Crippen molar-refractivity contribution in [3.63, 3.8) is 0 Å². The molecule has 0 heterocycles. The zero-order chi connectivity index (χ0) is 11.5. The predicted octanol–water partition coefficient (Wildman–Crippen LogP) is 3.31. The van der Waals surface area contributed by atoms with Crippen LogP contribution in [-0.2, 0) is 0 Å². The molecule has 0 unspecified atom stereocenters. The lowest BCUT2D eigenvalue weighted by Crippen LogP contribution is -2.28. The van der Waals surface area contributed by atoms with Gasteiger partial charge in [0.15, 0.2) is 5.78 Å². The van der Waals surface area contributed by atoms with Crippen molar-refractivity contribution in [2.45, 2.75) is 26.7 Å². The maximum Gasteiger partial charge on any atom is 0.159 e. The van der Waals surface area contributed by atoms with Gasteiger partial charge in [0, 0.05) is 5.56 Å². The molecule has 2 atom stereocenters. The van der Waals surface area contributed by atoms with E-state index in [0.29, 0.717) is 5.92 Å². The molecule has 16 heavy (non-hydrogen) atoms. The third-order valence-electron chi connectivity index (χ3n) is 3.52. The average Bonchev–Trinajstić information content (AvgIpc) is 2.28. The van der Waals surface area contributed by atoms with Crippen LogP contribution in [0.2, 0.25) is 0 Å². The van der Waals surface area contributed by atoms with Gasteiger partial charge >= 0.3 is 0 Å². The Bertz CT molecular complexity index is 367. The third-order valence-corrected chi connectivity index (χ3v) is 3.52. The van der Waals surface area contributed by atoms with Crippen molar-refractivity contribution in [1.29, 1.82) is 0 Å². The maximum atomic E-state index is 11.1. The first-order valence-electron chi connectivity index (χ1n) is 5.90. The van der Waals surface area contributed by atoms with Crippen molar-refractivity contribution in [1.82, 2.24) is 0 Å². The molecule has 0 N–H and O–H groups in total. The molecule has 0 aliphatic heterocycles. The molecule has 1 aliphatic carbocycles. The molecule has 1 aliphatic rings. The monoisotopic (exact) mass is 218 g/mol. The highest BCUT2D eigenvalue weighted by molar-refractivity contribution is 5.94. The Labute approximate surface area is 96.6 Å². The van der Waals surface area contributed by atoms with E-state index in [1.54, 1.807) is 6.92 Å². The largest absolute Gasteiger partial charge is 0.493 e. The fourth-order valence-electron chi connectivity index (χ4n) is 1.97. The van der Waals surface area contributed by atoms with E-state index < -0.39 is 0 Å². The number of Topliss-reactive ketones (excluding diaryl/α,β-unsaturated/α-hetero) is 1. The number of carbonyl (C=O) groups excluding carboxylic acids is 1. The second-order valence-electron chi connectivity index (χ2n) is 4.71. The number of ether oxygens (including phenoxy) is 1. The van der Waals surface area contributed by atoms with Crippen LogP contribution in [0.5, 0.6) is 5.75 Å². The second kappa shape index (κ2) is 4.69. The Morgan fingerprint density at radius 1 is 1.31 bits per heavy atom. The number of benzene rings is 1. The van der Waals surface area contributed by atoms with Gasteiger partial charge in [-0.1, -0.05) is 6.92 Å². The summed E-state index contributed by atoms with van der Waals surface area (Å²) in [6.07, 6.45) is 2.62. The molecule has 1 saturated carbocycles. The van der Waals surface area contributed by atoms with Crippen molar-refractivity contribution in [3.05, 3.63) is 29.8 Å². The summed E-state index contributed by atoms with van der Waals surface area (Å²) in [5.41, 5.74) is 0.740. The molecule has 2 nitrogen and oxygen atoms in total. The van der Waals surface area contributed by atoms with Gasteiger partial charge in [0.2, 0.25) is 0 Å². The van der Waals surface area contributed by atoms with Crippen LogP contribution in [0.15, 0.2) is 24.3 Å². The summed E-state index contributed by atoms with van der Waals surface area (Å²) < 4.78 is 5.70. The molecule has 2 heteroatoms. The second-order valence-corrected chi connectivity index (χ2v) is 4.71. The molecule has 1 aromatic carbocycles. The SMILES string of the molecule is CC(=O)c1ccc(OC[C@@H]2CC[C@@H]2C)cc1. The minimum Gasteiger partial charge on any atom is -0.493 e. The molecule has 0 aromatic heterocycles. The Morgan fingerprint density at radius 2 is 2.00 bits per heavy atom. The zero-order valence-electron chi connectivity index (χ0n) is 9.90. The Balaban J connectivity index is 1.87. The van der Waals surface area contributed by atoms with Gasteiger partial charge in [0.25, 0.3) is 0 Å². The van der Waals surface area contributed by atoms with Gasteiger partial charge in [-0.2, -0.15) is 0 Å². The molecule has 86 valence electrons. The van der Waals surface area contributed by atoms with E-state index in [-0.39, 0.29) is 5.78 Å². The average molecular weight is 218 g/mol.